The molecular formula is C12H13ClN4O. The maximum Gasteiger partial charge on any atom is 0.258 e. The molecule has 1 aromatic carbocycles. The molecule has 6 heteroatoms. The van der Waals surface area contributed by atoms with Crippen molar-refractivity contribution in [2.24, 2.45) is 7.05 Å². The zero-order valence-corrected chi connectivity index (χ0v) is 10.8. The second-order valence-corrected chi connectivity index (χ2v) is 4.42. The molecule has 0 spiro atoms. The summed E-state index contributed by atoms with van der Waals surface area (Å²) >= 11 is 5.78. The number of nitrogen functional groups attached to an aromatic ring is 1. The molecule has 3 N–H and O–H groups in total. The van der Waals surface area contributed by atoms with Gasteiger partial charge in [-0.3, -0.25) is 9.48 Å². The van der Waals surface area contributed by atoms with Crippen molar-refractivity contribution in [3.05, 3.63) is 40.5 Å². The molecule has 0 aliphatic heterocycles. The van der Waals surface area contributed by atoms with Crippen LogP contribution < -0.4 is 11.1 Å². The van der Waals surface area contributed by atoms with Gasteiger partial charge in [0, 0.05) is 29.5 Å². The number of benzene rings is 1. The molecule has 5 nitrogen and oxygen atoms in total. The van der Waals surface area contributed by atoms with Crippen molar-refractivity contribution in [3.8, 4) is 0 Å². The molecule has 1 aromatic heterocycles. The molecule has 0 aliphatic carbocycles. The summed E-state index contributed by atoms with van der Waals surface area (Å²) in [5, 5.41) is 7.32. The van der Waals surface area contributed by atoms with Crippen LogP contribution in [0.2, 0.25) is 5.02 Å². The summed E-state index contributed by atoms with van der Waals surface area (Å²) < 4.78 is 1.68. The Hall–Kier alpha value is -2.01. The molecule has 0 saturated carbocycles. The number of carbonyl (C=O) groups excluding carboxylic acids is 1. The van der Waals surface area contributed by atoms with Gasteiger partial charge in [-0.05, 0) is 25.1 Å². The lowest BCUT2D eigenvalue weighted by Crippen LogP contribution is -2.14. The van der Waals surface area contributed by atoms with E-state index in [1.165, 1.54) is 0 Å². The fourth-order valence-corrected chi connectivity index (χ4v) is 1.73. The number of halogens is 1. The predicted octanol–water partition coefficient (Wildman–Crippen LogP) is 2.22. The zero-order chi connectivity index (χ0) is 13.3. The summed E-state index contributed by atoms with van der Waals surface area (Å²) in [5.41, 5.74) is 7.41. The van der Waals surface area contributed by atoms with E-state index in [0.717, 1.165) is 5.69 Å². The number of hydrogen-bond acceptors (Lipinski definition) is 3. The first-order valence-electron chi connectivity index (χ1n) is 5.34. The number of carbonyl (C=O) groups is 1. The van der Waals surface area contributed by atoms with Crippen molar-refractivity contribution in [1.29, 1.82) is 0 Å². The van der Waals surface area contributed by atoms with E-state index in [1.54, 1.807) is 28.9 Å². The molecule has 0 aliphatic rings. The number of nitrogens with one attached hydrogen (secondary N) is 1. The van der Waals surface area contributed by atoms with Crippen LogP contribution in [0.1, 0.15) is 16.1 Å². The van der Waals surface area contributed by atoms with Gasteiger partial charge in [-0.25, -0.2) is 0 Å². The summed E-state index contributed by atoms with van der Waals surface area (Å²) in [5.74, 6) is 0.191. The normalized spacial score (nSPS) is 10.4. The maximum absolute atomic E-state index is 12.0. The maximum atomic E-state index is 12.0. The molecule has 0 atom stereocenters. The van der Waals surface area contributed by atoms with Crippen LogP contribution in [0.4, 0.5) is 11.5 Å². The van der Waals surface area contributed by atoms with E-state index in [0.29, 0.717) is 22.1 Å². The van der Waals surface area contributed by atoms with Crippen molar-refractivity contribution in [1.82, 2.24) is 9.78 Å². The Labute approximate surface area is 110 Å². The minimum atomic E-state index is -0.303. The molecule has 1 amide bonds. The quantitative estimate of drug-likeness (QED) is 0.817. The van der Waals surface area contributed by atoms with Gasteiger partial charge in [0.1, 0.15) is 0 Å². The van der Waals surface area contributed by atoms with Crippen molar-refractivity contribution < 1.29 is 4.79 Å². The Kier molecular flexibility index (Phi) is 3.25. The summed E-state index contributed by atoms with van der Waals surface area (Å²) in [6, 6.07) is 6.53. The van der Waals surface area contributed by atoms with Crippen LogP contribution in [0.5, 0.6) is 0 Å². The molecule has 18 heavy (non-hydrogen) atoms. The summed E-state index contributed by atoms with van der Waals surface area (Å²) in [6.07, 6.45) is 0. The molecule has 94 valence electrons. The third-order valence-corrected chi connectivity index (χ3v) is 2.85. The zero-order valence-electron chi connectivity index (χ0n) is 10.1. The van der Waals surface area contributed by atoms with E-state index in [9.17, 15) is 4.79 Å². The highest BCUT2D eigenvalue weighted by atomic mass is 35.5. The van der Waals surface area contributed by atoms with E-state index in [2.05, 4.69) is 10.4 Å². The van der Waals surface area contributed by atoms with Gasteiger partial charge in [0.05, 0.1) is 5.56 Å². The van der Waals surface area contributed by atoms with Crippen LogP contribution in [0.3, 0.4) is 0 Å². The second kappa shape index (κ2) is 4.70. The Morgan fingerprint density at radius 2 is 2.17 bits per heavy atom. The molecule has 0 radical (unpaired) electrons. The van der Waals surface area contributed by atoms with E-state index in [1.807, 2.05) is 14.0 Å². The van der Waals surface area contributed by atoms with Crippen LogP contribution in [-0.2, 0) is 7.05 Å². The van der Waals surface area contributed by atoms with E-state index in [-0.39, 0.29) is 5.91 Å². The Balaban J connectivity index is 2.22. The van der Waals surface area contributed by atoms with Crippen molar-refractivity contribution in [3.63, 3.8) is 0 Å². The highest BCUT2D eigenvalue weighted by molar-refractivity contribution is 6.31. The van der Waals surface area contributed by atoms with Gasteiger partial charge < -0.3 is 11.1 Å². The van der Waals surface area contributed by atoms with E-state index < -0.39 is 0 Å². The van der Waals surface area contributed by atoms with Crippen molar-refractivity contribution in [2.75, 3.05) is 11.1 Å². The van der Waals surface area contributed by atoms with Crippen molar-refractivity contribution in [2.45, 2.75) is 6.92 Å². The fraction of sp³-hybridized carbons (Fsp3) is 0.167. The number of aryl methyl sites for hydroxylation is 2. The van der Waals surface area contributed by atoms with Gasteiger partial charge in [0.25, 0.3) is 5.91 Å². The highest BCUT2D eigenvalue weighted by Gasteiger charge is 2.12. The number of nitrogens with zero attached hydrogens (tertiary/aromatic N) is 2. The Morgan fingerprint density at radius 3 is 2.72 bits per heavy atom. The Morgan fingerprint density at radius 1 is 1.44 bits per heavy atom. The minimum Gasteiger partial charge on any atom is -0.398 e. The predicted molar refractivity (Wildman–Crippen MR) is 71.8 cm³/mol. The lowest BCUT2D eigenvalue weighted by molar-refractivity contribution is 0.102. The van der Waals surface area contributed by atoms with Gasteiger partial charge in [-0.2, -0.15) is 5.10 Å². The average molecular weight is 265 g/mol. The number of nitrogens with two attached hydrogens (primary N) is 1. The first-order valence-corrected chi connectivity index (χ1v) is 5.72. The topological polar surface area (TPSA) is 72.9 Å². The van der Waals surface area contributed by atoms with Crippen LogP contribution in [0, 0.1) is 6.92 Å². The molecular weight excluding hydrogens is 252 g/mol. The average Bonchev–Trinajstić information content (AvgIpc) is 2.57. The Bertz CT molecular complexity index is 587. The highest BCUT2D eigenvalue weighted by Crippen LogP contribution is 2.19. The standard InChI is InChI=1S/C12H13ClN4O/c1-7-5-11(16-17(7)2)15-12(18)9-4-3-8(13)6-10(9)14/h3-6H,14H2,1-2H3,(H,15,16,18). The van der Waals surface area contributed by atoms with Crippen LogP contribution in [-0.4, -0.2) is 15.7 Å². The third kappa shape index (κ3) is 2.46. The SMILES string of the molecule is Cc1cc(NC(=O)c2ccc(Cl)cc2N)nn1C. The first-order chi connectivity index (χ1) is 8.47. The lowest BCUT2D eigenvalue weighted by Gasteiger charge is -2.05. The van der Waals surface area contributed by atoms with Crippen LogP contribution in [0.15, 0.2) is 24.3 Å². The van der Waals surface area contributed by atoms with Gasteiger partial charge in [-0.1, -0.05) is 11.6 Å². The largest absolute Gasteiger partial charge is 0.398 e. The summed E-state index contributed by atoms with van der Waals surface area (Å²) in [4.78, 5) is 12.0. The monoisotopic (exact) mass is 264 g/mol. The van der Waals surface area contributed by atoms with Crippen molar-refractivity contribution >= 4 is 29.0 Å². The van der Waals surface area contributed by atoms with Crippen LogP contribution in [0.25, 0.3) is 0 Å². The fourth-order valence-electron chi connectivity index (χ4n) is 1.55. The summed E-state index contributed by atoms with van der Waals surface area (Å²) in [7, 11) is 1.81. The third-order valence-electron chi connectivity index (χ3n) is 2.61. The lowest BCUT2D eigenvalue weighted by atomic mass is 10.1. The molecule has 0 unspecified atom stereocenters. The first kappa shape index (κ1) is 12.4. The van der Waals surface area contributed by atoms with Gasteiger partial charge in [-0.15, -0.1) is 0 Å². The van der Waals surface area contributed by atoms with Gasteiger partial charge in [0.15, 0.2) is 5.82 Å². The van der Waals surface area contributed by atoms with Crippen LogP contribution >= 0.6 is 11.6 Å². The number of hydrogen-bond donors (Lipinski definition) is 2. The molecule has 2 aromatic rings. The van der Waals surface area contributed by atoms with E-state index >= 15 is 0 Å². The second-order valence-electron chi connectivity index (χ2n) is 3.98. The van der Waals surface area contributed by atoms with Gasteiger partial charge >= 0.3 is 0 Å². The number of aromatic nitrogens is 2. The molecule has 0 fully saturated rings. The smallest absolute Gasteiger partial charge is 0.258 e. The van der Waals surface area contributed by atoms with Gasteiger partial charge in [0.2, 0.25) is 0 Å². The number of rotatable bonds is 2. The summed E-state index contributed by atoms with van der Waals surface area (Å²) in [6.45, 7) is 1.90. The number of anilines is 2. The molecule has 1 heterocycles. The molecule has 0 saturated heterocycles. The van der Waals surface area contributed by atoms with E-state index in [4.69, 9.17) is 17.3 Å². The molecule has 2 rings (SSSR count). The number of amides is 1. The molecule has 0 bridgehead atoms. The minimum absolute atomic E-state index is 0.303.